The summed E-state index contributed by atoms with van der Waals surface area (Å²) in [5, 5.41) is 10.6. The Kier molecular flexibility index (Phi) is 3.53. The fourth-order valence-electron chi connectivity index (χ4n) is 1.46. The smallest absolute Gasteiger partial charge is 0.0980 e. The third kappa shape index (κ3) is 2.39. The maximum Gasteiger partial charge on any atom is 0.0980 e. The van der Waals surface area contributed by atoms with Crippen molar-refractivity contribution in [3.8, 4) is 6.07 Å². The Morgan fingerprint density at radius 3 is 1.62 bits per heavy atom. The van der Waals surface area contributed by atoms with Crippen LogP contribution < -0.4 is 0 Å². The molecule has 0 aliphatic rings. The molecule has 0 aliphatic heterocycles. The lowest BCUT2D eigenvalue weighted by atomic mass is 10.4. The Labute approximate surface area is 97.9 Å². The molecular formula is C14H11NS. The summed E-state index contributed by atoms with van der Waals surface area (Å²) in [6.07, 6.45) is 0. The molecule has 0 saturated heterocycles. The average molecular weight is 225 g/mol. The number of benzene rings is 2. The van der Waals surface area contributed by atoms with E-state index in [9.17, 15) is 0 Å². The first kappa shape index (κ1) is 10.7. The molecule has 16 heavy (non-hydrogen) atoms. The quantitative estimate of drug-likeness (QED) is 0.715. The minimum absolute atomic E-state index is 0.237. The summed E-state index contributed by atoms with van der Waals surface area (Å²) in [5.74, 6) is 0. The topological polar surface area (TPSA) is 23.8 Å². The van der Waals surface area contributed by atoms with Gasteiger partial charge in [0.2, 0.25) is 0 Å². The van der Waals surface area contributed by atoms with E-state index in [0.29, 0.717) is 0 Å². The molecule has 2 aromatic rings. The summed E-state index contributed by atoms with van der Waals surface area (Å²) in [7, 11) is -0.237. The number of hydrogen-bond donors (Lipinski definition) is 0. The van der Waals surface area contributed by atoms with Gasteiger partial charge in [-0.3, -0.25) is 0 Å². The third-order valence-electron chi connectivity index (χ3n) is 2.16. The van der Waals surface area contributed by atoms with Crippen molar-refractivity contribution in [3.63, 3.8) is 0 Å². The molecule has 0 aromatic heterocycles. The van der Waals surface area contributed by atoms with Gasteiger partial charge in [0, 0.05) is 15.2 Å². The molecule has 0 radical (unpaired) electrons. The normalized spacial score (nSPS) is 9.75. The van der Waals surface area contributed by atoms with Crippen LogP contribution in [0.15, 0.2) is 70.5 Å². The maximum atomic E-state index is 8.86. The first-order valence-electron chi connectivity index (χ1n) is 4.98. The van der Waals surface area contributed by atoms with Crippen LogP contribution in [-0.2, 0) is 0 Å². The number of hydrogen-bond acceptors (Lipinski definition) is 1. The van der Waals surface area contributed by atoms with Gasteiger partial charge in [-0.25, -0.2) is 0 Å². The molecule has 0 aliphatic carbocycles. The van der Waals surface area contributed by atoms with Crippen LogP contribution in [-0.4, -0.2) is 5.37 Å². The lowest BCUT2D eigenvalue weighted by molar-refractivity contribution is 1.40. The van der Waals surface area contributed by atoms with Crippen molar-refractivity contribution >= 4 is 15.9 Å². The summed E-state index contributed by atoms with van der Waals surface area (Å²) in [6, 6.07) is 22.4. The number of rotatable bonds is 2. The van der Waals surface area contributed by atoms with Crippen LogP contribution in [0.5, 0.6) is 0 Å². The van der Waals surface area contributed by atoms with Crippen LogP contribution in [0.25, 0.3) is 0 Å². The highest BCUT2D eigenvalue weighted by Crippen LogP contribution is 2.34. The van der Waals surface area contributed by atoms with Crippen molar-refractivity contribution in [2.75, 3.05) is 0 Å². The molecule has 0 bridgehead atoms. The molecule has 78 valence electrons. The van der Waals surface area contributed by atoms with Crippen LogP contribution in [0.1, 0.15) is 0 Å². The van der Waals surface area contributed by atoms with Gasteiger partial charge in [-0.05, 0) is 24.3 Å². The van der Waals surface area contributed by atoms with Crippen molar-refractivity contribution in [3.05, 3.63) is 60.7 Å². The summed E-state index contributed by atoms with van der Waals surface area (Å²) in [6.45, 7) is 0. The highest BCUT2D eigenvalue weighted by Gasteiger charge is 2.01. The number of nitriles is 1. The molecule has 0 unspecified atom stereocenters. The van der Waals surface area contributed by atoms with Gasteiger partial charge in [0.15, 0.2) is 0 Å². The predicted octanol–water partition coefficient (Wildman–Crippen LogP) is 3.70. The zero-order valence-electron chi connectivity index (χ0n) is 8.71. The van der Waals surface area contributed by atoms with Gasteiger partial charge < -0.3 is 0 Å². The maximum absolute atomic E-state index is 8.86. The highest BCUT2D eigenvalue weighted by molar-refractivity contribution is 8.15. The SMILES string of the molecule is N#CC=S(c1ccccc1)c1ccccc1. The van der Waals surface area contributed by atoms with Gasteiger partial charge in [0.1, 0.15) is 0 Å². The first-order valence-corrected chi connectivity index (χ1v) is 6.27. The Balaban J connectivity index is 2.50. The lowest BCUT2D eigenvalue weighted by Crippen LogP contribution is -1.80. The highest BCUT2D eigenvalue weighted by atomic mass is 32.2. The lowest BCUT2D eigenvalue weighted by Gasteiger charge is -2.07. The van der Waals surface area contributed by atoms with Gasteiger partial charge >= 0.3 is 0 Å². The van der Waals surface area contributed by atoms with Crippen molar-refractivity contribution in [2.45, 2.75) is 9.79 Å². The van der Waals surface area contributed by atoms with Gasteiger partial charge in [0.05, 0.1) is 6.07 Å². The molecule has 0 amide bonds. The van der Waals surface area contributed by atoms with Gasteiger partial charge in [-0.15, -0.1) is 10.5 Å². The zero-order valence-corrected chi connectivity index (χ0v) is 9.52. The van der Waals surface area contributed by atoms with E-state index in [4.69, 9.17) is 5.26 Å². The third-order valence-corrected chi connectivity index (χ3v) is 4.07. The Hall–Kier alpha value is -1.85. The minimum Gasteiger partial charge on any atom is -0.193 e. The second-order valence-corrected chi connectivity index (χ2v) is 5.06. The first-order chi connectivity index (χ1) is 7.92. The standard InChI is InChI=1S/C14H11NS/c15-11-12-16(13-7-3-1-4-8-13)14-9-5-2-6-10-14/h1-10,12H. The van der Waals surface area contributed by atoms with E-state index in [1.54, 1.807) is 5.37 Å². The monoisotopic (exact) mass is 225 g/mol. The summed E-state index contributed by atoms with van der Waals surface area (Å²) in [5.41, 5.74) is 0. The van der Waals surface area contributed by atoms with Crippen LogP contribution in [0, 0.1) is 11.3 Å². The van der Waals surface area contributed by atoms with Crippen molar-refractivity contribution in [1.29, 1.82) is 5.26 Å². The summed E-state index contributed by atoms with van der Waals surface area (Å²) >= 11 is 0. The van der Waals surface area contributed by atoms with Crippen LogP contribution in [0.3, 0.4) is 0 Å². The summed E-state index contributed by atoms with van der Waals surface area (Å²) < 4.78 is 0. The van der Waals surface area contributed by atoms with Crippen LogP contribution >= 0.6 is 10.5 Å². The van der Waals surface area contributed by atoms with E-state index in [-0.39, 0.29) is 10.5 Å². The molecule has 2 aromatic carbocycles. The molecule has 0 N–H and O–H groups in total. The second-order valence-electron chi connectivity index (χ2n) is 3.21. The molecule has 0 fully saturated rings. The average Bonchev–Trinajstić information content (AvgIpc) is 2.38. The molecule has 1 nitrogen and oxygen atoms in total. The van der Waals surface area contributed by atoms with E-state index < -0.39 is 0 Å². The van der Waals surface area contributed by atoms with Gasteiger partial charge in [0.25, 0.3) is 0 Å². The van der Waals surface area contributed by atoms with Crippen molar-refractivity contribution < 1.29 is 0 Å². The molecule has 0 atom stereocenters. The second kappa shape index (κ2) is 5.29. The largest absolute Gasteiger partial charge is 0.193 e. The Bertz CT molecular complexity index is 482. The Morgan fingerprint density at radius 2 is 1.25 bits per heavy atom. The fraction of sp³-hybridized carbons (Fsp3) is 0. The molecule has 0 spiro atoms. The van der Waals surface area contributed by atoms with Gasteiger partial charge in [-0.1, -0.05) is 36.4 Å². The molecular weight excluding hydrogens is 214 g/mol. The van der Waals surface area contributed by atoms with E-state index in [2.05, 4.69) is 30.3 Å². The minimum atomic E-state index is -0.237. The summed E-state index contributed by atoms with van der Waals surface area (Å²) in [4.78, 5) is 2.35. The van der Waals surface area contributed by atoms with Crippen molar-refractivity contribution in [1.82, 2.24) is 0 Å². The molecule has 2 heteroatoms. The van der Waals surface area contributed by atoms with Crippen LogP contribution in [0.2, 0.25) is 0 Å². The molecule has 0 saturated carbocycles. The van der Waals surface area contributed by atoms with E-state index in [1.165, 1.54) is 9.79 Å². The Morgan fingerprint density at radius 1 is 0.812 bits per heavy atom. The molecule has 2 rings (SSSR count). The molecule has 0 heterocycles. The van der Waals surface area contributed by atoms with Crippen molar-refractivity contribution in [2.24, 2.45) is 0 Å². The van der Waals surface area contributed by atoms with Crippen LogP contribution in [0.4, 0.5) is 0 Å². The van der Waals surface area contributed by atoms with Gasteiger partial charge in [-0.2, -0.15) is 5.26 Å². The zero-order chi connectivity index (χ0) is 11.2. The predicted molar refractivity (Wildman–Crippen MR) is 68.7 cm³/mol. The fourth-order valence-corrected chi connectivity index (χ4v) is 3.01. The van der Waals surface area contributed by atoms with E-state index in [1.807, 2.05) is 36.4 Å². The van der Waals surface area contributed by atoms with E-state index in [0.717, 1.165) is 0 Å². The number of nitrogens with zero attached hydrogens (tertiary/aromatic N) is 1. The van der Waals surface area contributed by atoms with E-state index >= 15 is 0 Å².